The van der Waals surface area contributed by atoms with Gasteiger partial charge in [-0.15, -0.1) is 0 Å². The minimum Gasteiger partial charge on any atom is -0.289 e. The van der Waals surface area contributed by atoms with Crippen LogP contribution in [0.25, 0.3) is 0 Å². The second-order valence-corrected chi connectivity index (χ2v) is 4.29. The van der Waals surface area contributed by atoms with Gasteiger partial charge in [-0.25, -0.2) is 4.39 Å². The standard InChI is InChI=1S/C14H10ClFO/c1-9-2-4-10(5-3-9)14(17)11-6-12(15)8-13(16)7-11/h2-8H,1H3. The van der Waals surface area contributed by atoms with E-state index in [-0.39, 0.29) is 16.4 Å². The molecule has 17 heavy (non-hydrogen) atoms. The minimum absolute atomic E-state index is 0.223. The molecule has 0 saturated heterocycles. The summed E-state index contributed by atoms with van der Waals surface area (Å²) in [6.45, 7) is 1.94. The molecule has 0 saturated carbocycles. The third-order valence-corrected chi connectivity index (χ3v) is 2.66. The Bertz CT molecular complexity index is 541. The Labute approximate surface area is 104 Å². The molecule has 0 radical (unpaired) electrons. The van der Waals surface area contributed by atoms with E-state index in [1.54, 1.807) is 12.1 Å². The van der Waals surface area contributed by atoms with Crippen molar-refractivity contribution < 1.29 is 9.18 Å². The summed E-state index contributed by atoms with van der Waals surface area (Å²) in [5, 5.41) is 0.223. The molecule has 0 heterocycles. The van der Waals surface area contributed by atoms with Gasteiger partial charge in [0.05, 0.1) is 0 Å². The molecule has 0 bridgehead atoms. The van der Waals surface area contributed by atoms with Gasteiger partial charge in [-0.2, -0.15) is 0 Å². The maximum Gasteiger partial charge on any atom is 0.193 e. The molecule has 2 aromatic rings. The molecule has 1 nitrogen and oxygen atoms in total. The Balaban J connectivity index is 2.40. The predicted molar refractivity (Wildman–Crippen MR) is 66.0 cm³/mol. The van der Waals surface area contributed by atoms with Gasteiger partial charge >= 0.3 is 0 Å². The van der Waals surface area contributed by atoms with E-state index in [9.17, 15) is 9.18 Å². The molecule has 2 rings (SSSR count). The van der Waals surface area contributed by atoms with Gasteiger partial charge in [-0.05, 0) is 25.1 Å². The normalized spacial score (nSPS) is 10.3. The van der Waals surface area contributed by atoms with Crippen molar-refractivity contribution >= 4 is 17.4 Å². The fourth-order valence-electron chi connectivity index (χ4n) is 1.56. The van der Waals surface area contributed by atoms with E-state index in [1.807, 2.05) is 19.1 Å². The lowest BCUT2D eigenvalue weighted by Gasteiger charge is -2.03. The van der Waals surface area contributed by atoms with Crippen LogP contribution in [0, 0.1) is 12.7 Å². The third kappa shape index (κ3) is 2.71. The number of benzene rings is 2. The highest BCUT2D eigenvalue weighted by atomic mass is 35.5. The lowest BCUT2D eigenvalue weighted by atomic mass is 10.0. The summed E-state index contributed by atoms with van der Waals surface area (Å²) in [7, 11) is 0. The number of ketones is 1. The second kappa shape index (κ2) is 4.68. The molecule has 86 valence electrons. The third-order valence-electron chi connectivity index (χ3n) is 2.44. The zero-order valence-electron chi connectivity index (χ0n) is 9.21. The van der Waals surface area contributed by atoms with E-state index in [0.717, 1.165) is 5.56 Å². The summed E-state index contributed by atoms with van der Waals surface area (Å²) in [6.07, 6.45) is 0. The second-order valence-electron chi connectivity index (χ2n) is 3.85. The van der Waals surface area contributed by atoms with Gasteiger partial charge < -0.3 is 0 Å². The van der Waals surface area contributed by atoms with Gasteiger partial charge in [0.1, 0.15) is 5.82 Å². The van der Waals surface area contributed by atoms with E-state index < -0.39 is 5.82 Å². The van der Waals surface area contributed by atoms with Gasteiger partial charge in [0.15, 0.2) is 5.78 Å². The predicted octanol–water partition coefficient (Wildman–Crippen LogP) is 4.02. The van der Waals surface area contributed by atoms with E-state index in [1.165, 1.54) is 18.2 Å². The van der Waals surface area contributed by atoms with Crippen molar-refractivity contribution in [1.82, 2.24) is 0 Å². The zero-order chi connectivity index (χ0) is 12.4. The monoisotopic (exact) mass is 248 g/mol. The summed E-state index contributed by atoms with van der Waals surface area (Å²) in [5.41, 5.74) is 1.86. The highest BCUT2D eigenvalue weighted by Gasteiger charge is 2.10. The van der Waals surface area contributed by atoms with Crippen molar-refractivity contribution in [2.24, 2.45) is 0 Å². The van der Waals surface area contributed by atoms with Gasteiger partial charge in [-0.1, -0.05) is 41.4 Å². The molecule has 0 fully saturated rings. The number of rotatable bonds is 2. The Hall–Kier alpha value is -1.67. The van der Waals surface area contributed by atoms with Crippen LogP contribution in [0.4, 0.5) is 4.39 Å². The Morgan fingerprint density at radius 3 is 2.29 bits per heavy atom. The van der Waals surface area contributed by atoms with Crippen LogP contribution >= 0.6 is 11.6 Å². The SMILES string of the molecule is Cc1ccc(C(=O)c2cc(F)cc(Cl)c2)cc1. The maximum absolute atomic E-state index is 13.1. The molecule has 0 spiro atoms. The molecule has 0 amide bonds. The first kappa shape index (κ1) is 11.8. The van der Waals surface area contributed by atoms with Crippen LogP contribution in [0.2, 0.25) is 5.02 Å². The molecule has 2 aromatic carbocycles. The van der Waals surface area contributed by atoms with Crippen LogP contribution in [0.5, 0.6) is 0 Å². The number of aryl methyl sites for hydroxylation is 1. The number of hydrogen-bond donors (Lipinski definition) is 0. The number of halogens is 2. The van der Waals surface area contributed by atoms with Crippen LogP contribution in [-0.2, 0) is 0 Å². The zero-order valence-corrected chi connectivity index (χ0v) is 9.96. The molecule has 0 aliphatic carbocycles. The minimum atomic E-state index is -0.507. The molecular formula is C14H10ClFO. The van der Waals surface area contributed by atoms with Crippen LogP contribution < -0.4 is 0 Å². The lowest BCUT2D eigenvalue weighted by Crippen LogP contribution is -2.01. The molecular weight excluding hydrogens is 239 g/mol. The molecule has 0 unspecified atom stereocenters. The van der Waals surface area contributed by atoms with Gasteiger partial charge in [0, 0.05) is 16.1 Å². The smallest absolute Gasteiger partial charge is 0.193 e. The van der Waals surface area contributed by atoms with Crippen LogP contribution in [0.1, 0.15) is 21.5 Å². The lowest BCUT2D eigenvalue weighted by molar-refractivity contribution is 0.103. The first-order valence-electron chi connectivity index (χ1n) is 5.14. The van der Waals surface area contributed by atoms with Crippen molar-refractivity contribution in [1.29, 1.82) is 0 Å². The summed E-state index contributed by atoms with van der Waals surface area (Å²) in [4.78, 5) is 12.0. The quantitative estimate of drug-likeness (QED) is 0.734. The first-order valence-corrected chi connectivity index (χ1v) is 5.51. The van der Waals surface area contributed by atoms with E-state index in [4.69, 9.17) is 11.6 Å². The van der Waals surface area contributed by atoms with Crippen LogP contribution in [-0.4, -0.2) is 5.78 Å². The van der Waals surface area contributed by atoms with Crippen molar-refractivity contribution in [2.75, 3.05) is 0 Å². The first-order chi connectivity index (χ1) is 8.06. The highest BCUT2D eigenvalue weighted by molar-refractivity contribution is 6.31. The molecule has 3 heteroatoms. The molecule has 0 atom stereocenters. The largest absolute Gasteiger partial charge is 0.289 e. The summed E-state index contributed by atoms with van der Waals surface area (Å²) < 4.78 is 13.1. The van der Waals surface area contributed by atoms with Crippen LogP contribution in [0.3, 0.4) is 0 Å². The van der Waals surface area contributed by atoms with E-state index in [2.05, 4.69) is 0 Å². The number of hydrogen-bond acceptors (Lipinski definition) is 1. The Morgan fingerprint density at radius 1 is 1.06 bits per heavy atom. The number of carbonyl (C=O) groups excluding carboxylic acids is 1. The molecule has 0 aromatic heterocycles. The average Bonchev–Trinajstić information content (AvgIpc) is 2.28. The highest BCUT2D eigenvalue weighted by Crippen LogP contribution is 2.17. The van der Waals surface area contributed by atoms with Gasteiger partial charge in [0.2, 0.25) is 0 Å². The van der Waals surface area contributed by atoms with Crippen molar-refractivity contribution in [2.45, 2.75) is 6.92 Å². The topological polar surface area (TPSA) is 17.1 Å². The summed E-state index contributed by atoms with van der Waals surface area (Å²) in [5.74, 6) is -0.737. The number of carbonyl (C=O) groups is 1. The van der Waals surface area contributed by atoms with Gasteiger partial charge in [-0.3, -0.25) is 4.79 Å². The molecule has 0 N–H and O–H groups in total. The van der Waals surface area contributed by atoms with Gasteiger partial charge in [0.25, 0.3) is 0 Å². The average molecular weight is 249 g/mol. The fourth-order valence-corrected chi connectivity index (χ4v) is 1.78. The Kier molecular flexibility index (Phi) is 3.25. The van der Waals surface area contributed by atoms with Crippen molar-refractivity contribution in [3.05, 3.63) is 70.0 Å². The molecule has 0 aliphatic heterocycles. The Morgan fingerprint density at radius 2 is 1.71 bits per heavy atom. The van der Waals surface area contributed by atoms with Crippen LogP contribution in [0.15, 0.2) is 42.5 Å². The summed E-state index contributed by atoms with van der Waals surface area (Å²) >= 11 is 5.71. The van der Waals surface area contributed by atoms with E-state index >= 15 is 0 Å². The fraction of sp³-hybridized carbons (Fsp3) is 0.0714. The maximum atomic E-state index is 13.1. The van der Waals surface area contributed by atoms with Crippen molar-refractivity contribution in [3.8, 4) is 0 Å². The summed E-state index contributed by atoms with van der Waals surface area (Å²) in [6, 6.07) is 10.9. The molecule has 0 aliphatic rings. The van der Waals surface area contributed by atoms with Crippen molar-refractivity contribution in [3.63, 3.8) is 0 Å². The van der Waals surface area contributed by atoms with E-state index in [0.29, 0.717) is 5.56 Å².